The lowest BCUT2D eigenvalue weighted by Crippen LogP contribution is -2.52. The zero-order chi connectivity index (χ0) is 11.3. The lowest BCUT2D eigenvalue weighted by Gasteiger charge is -2.56. The summed E-state index contributed by atoms with van der Waals surface area (Å²) < 4.78 is 0. The van der Waals surface area contributed by atoms with Crippen LogP contribution in [0, 0.1) is 29.6 Å². The molecule has 16 heavy (non-hydrogen) atoms. The van der Waals surface area contributed by atoms with Crippen molar-refractivity contribution in [3.05, 3.63) is 0 Å². The van der Waals surface area contributed by atoms with Gasteiger partial charge in [0.1, 0.15) is 0 Å². The molecular weight excluding hydrogens is 198 g/mol. The molecule has 2 nitrogen and oxygen atoms in total. The first-order valence-corrected chi connectivity index (χ1v) is 6.90. The minimum atomic E-state index is 0.140. The molecule has 0 spiro atoms. The van der Waals surface area contributed by atoms with E-state index in [1.54, 1.807) is 6.92 Å². The Labute approximate surface area is 98.2 Å². The molecule has 1 unspecified atom stereocenters. The molecule has 0 saturated heterocycles. The molecule has 0 aliphatic heterocycles. The van der Waals surface area contributed by atoms with Crippen molar-refractivity contribution < 1.29 is 4.79 Å². The molecule has 2 heteroatoms. The van der Waals surface area contributed by atoms with E-state index in [4.69, 9.17) is 0 Å². The molecule has 4 aliphatic rings. The molecule has 0 heterocycles. The van der Waals surface area contributed by atoms with Crippen LogP contribution in [0.4, 0.5) is 0 Å². The van der Waals surface area contributed by atoms with Gasteiger partial charge in [-0.2, -0.15) is 0 Å². The third-order valence-corrected chi connectivity index (χ3v) is 5.31. The van der Waals surface area contributed by atoms with Gasteiger partial charge in [-0.3, -0.25) is 4.79 Å². The van der Waals surface area contributed by atoms with Crippen LogP contribution in [-0.2, 0) is 4.79 Å². The summed E-state index contributed by atoms with van der Waals surface area (Å²) in [7, 11) is 0. The first-order chi connectivity index (χ1) is 7.63. The fourth-order valence-electron chi connectivity index (χ4n) is 5.20. The predicted molar refractivity (Wildman–Crippen MR) is 63.8 cm³/mol. The molecule has 1 amide bonds. The van der Waals surface area contributed by atoms with Crippen LogP contribution in [0.15, 0.2) is 0 Å². The Morgan fingerprint density at radius 1 is 1.06 bits per heavy atom. The smallest absolute Gasteiger partial charge is 0.217 e. The quantitative estimate of drug-likeness (QED) is 0.763. The van der Waals surface area contributed by atoms with E-state index in [-0.39, 0.29) is 5.91 Å². The van der Waals surface area contributed by atoms with Crippen molar-refractivity contribution in [1.29, 1.82) is 0 Å². The second-order valence-corrected chi connectivity index (χ2v) is 6.50. The van der Waals surface area contributed by atoms with E-state index in [1.165, 1.54) is 32.1 Å². The summed E-state index contributed by atoms with van der Waals surface area (Å²) in [6, 6.07) is 0.396. The summed E-state index contributed by atoms with van der Waals surface area (Å²) in [5.41, 5.74) is 0. The summed E-state index contributed by atoms with van der Waals surface area (Å²) in [4.78, 5) is 11.2. The molecular formula is C14H23NO. The Bertz CT molecular complexity index is 271. The number of hydrogen-bond acceptors (Lipinski definition) is 1. The van der Waals surface area contributed by atoms with Crippen molar-refractivity contribution >= 4 is 5.91 Å². The molecule has 4 fully saturated rings. The average molecular weight is 221 g/mol. The van der Waals surface area contributed by atoms with Gasteiger partial charge in [0.15, 0.2) is 0 Å². The highest BCUT2D eigenvalue weighted by Crippen LogP contribution is 2.57. The van der Waals surface area contributed by atoms with Gasteiger partial charge >= 0.3 is 0 Å². The number of rotatable bonds is 2. The van der Waals surface area contributed by atoms with Crippen LogP contribution in [-0.4, -0.2) is 11.9 Å². The van der Waals surface area contributed by atoms with E-state index in [9.17, 15) is 4.79 Å². The topological polar surface area (TPSA) is 29.1 Å². The van der Waals surface area contributed by atoms with Gasteiger partial charge in [-0.15, -0.1) is 0 Å². The van der Waals surface area contributed by atoms with Crippen LogP contribution in [0.1, 0.15) is 46.0 Å². The van der Waals surface area contributed by atoms with Crippen molar-refractivity contribution in [2.45, 2.75) is 52.0 Å². The summed E-state index contributed by atoms with van der Waals surface area (Å²) >= 11 is 0. The Morgan fingerprint density at radius 2 is 1.56 bits per heavy atom. The fraction of sp³-hybridized carbons (Fsp3) is 0.929. The Morgan fingerprint density at radius 3 is 2.00 bits per heavy atom. The van der Waals surface area contributed by atoms with Crippen molar-refractivity contribution in [1.82, 2.24) is 5.32 Å². The van der Waals surface area contributed by atoms with Gasteiger partial charge in [-0.05, 0) is 68.6 Å². The van der Waals surface area contributed by atoms with Crippen LogP contribution in [0.5, 0.6) is 0 Å². The maximum absolute atomic E-state index is 11.2. The number of carbonyl (C=O) groups is 1. The molecule has 0 aromatic carbocycles. The SMILES string of the molecule is CC(=O)NC(C)C1C2CC3CC(C2)CC1C3. The van der Waals surface area contributed by atoms with Crippen LogP contribution >= 0.6 is 0 Å². The number of hydrogen-bond donors (Lipinski definition) is 1. The molecule has 0 aromatic rings. The van der Waals surface area contributed by atoms with Crippen LogP contribution in [0.25, 0.3) is 0 Å². The second kappa shape index (κ2) is 3.75. The fourth-order valence-corrected chi connectivity index (χ4v) is 5.20. The first-order valence-electron chi connectivity index (χ1n) is 6.90. The van der Waals surface area contributed by atoms with Crippen molar-refractivity contribution in [3.63, 3.8) is 0 Å². The van der Waals surface area contributed by atoms with E-state index in [0.29, 0.717) is 6.04 Å². The van der Waals surface area contributed by atoms with Gasteiger partial charge in [0.2, 0.25) is 5.91 Å². The lowest BCUT2D eigenvalue weighted by molar-refractivity contribution is -0.121. The van der Waals surface area contributed by atoms with Crippen LogP contribution < -0.4 is 5.32 Å². The van der Waals surface area contributed by atoms with Gasteiger partial charge in [0.25, 0.3) is 0 Å². The van der Waals surface area contributed by atoms with Gasteiger partial charge < -0.3 is 5.32 Å². The molecule has 0 radical (unpaired) electrons. The van der Waals surface area contributed by atoms with Gasteiger partial charge in [-0.25, -0.2) is 0 Å². The maximum Gasteiger partial charge on any atom is 0.217 e. The summed E-state index contributed by atoms with van der Waals surface area (Å²) in [6.45, 7) is 3.86. The Kier molecular flexibility index (Phi) is 2.49. The Hall–Kier alpha value is -0.530. The molecule has 0 aromatic heterocycles. The second-order valence-electron chi connectivity index (χ2n) is 6.50. The van der Waals surface area contributed by atoms with Crippen molar-refractivity contribution in [3.8, 4) is 0 Å². The number of amides is 1. The van der Waals surface area contributed by atoms with E-state index in [1.807, 2.05) is 0 Å². The highest BCUT2D eigenvalue weighted by Gasteiger charge is 2.49. The minimum Gasteiger partial charge on any atom is -0.354 e. The first kappa shape index (κ1) is 10.6. The lowest BCUT2D eigenvalue weighted by atomic mass is 9.50. The zero-order valence-electron chi connectivity index (χ0n) is 10.4. The minimum absolute atomic E-state index is 0.140. The monoisotopic (exact) mass is 221 g/mol. The average Bonchev–Trinajstić information content (AvgIpc) is 2.13. The molecule has 4 bridgehead atoms. The molecule has 1 atom stereocenters. The van der Waals surface area contributed by atoms with Gasteiger partial charge in [-0.1, -0.05) is 0 Å². The molecule has 90 valence electrons. The standard InChI is InChI=1S/C14H23NO/c1-8(15-9(2)16)14-12-4-10-3-11(6-12)7-13(14)5-10/h8,10-14H,3-7H2,1-2H3,(H,15,16). The van der Waals surface area contributed by atoms with E-state index >= 15 is 0 Å². The molecule has 1 N–H and O–H groups in total. The third kappa shape index (κ3) is 1.66. The largest absolute Gasteiger partial charge is 0.354 e. The van der Waals surface area contributed by atoms with Crippen LogP contribution in [0.2, 0.25) is 0 Å². The highest BCUT2D eigenvalue weighted by atomic mass is 16.1. The molecule has 4 aliphatic carbocycles. The zero-order valence-corrected chi connectivity index (χ0v) is 10.4. The summed E-state index contributed by atoms with van der Waals surface area (Å²) in [6.07, 6.45) is 7.29. The van der Waals surface area contributed by atoms with Crippen molar-refractivity contribution in [2.75, 3.05) is 0 Å². The Balaban J connectivity index is 1.73. The normalized spacial score (nSPS) is 46.8. The summed E-state index contributed by atoms with van der Waals surface area (Å²) in [5.74, 6) is 4.81. The number of carbonyl (C=O) groups excluding carboxylic acids is 1. The van der Waals surface area contributed by atoms with Crippen molar-refractivity contribution in [2.24, 2.45) is 29.6 Å². The van der Waals surface area contributed by atoms with Crippen LogP contribution in [0.3, 0.4) is 0 Å². The van der Waals surface area contributed by atoms with E-state index < -0.39 is 0 Å². The van der Waals surface area contributed by atoms with Gasteiger partial charge in [0.05, 0.1) is 0 Å². The molecule has 4 saturated carbocycles. The predicted octanol–water partition coefficient (Wildman–Crippen LogP) is 2.58. The number of nitrogens with one attached hydrogen (secondary N) is 1. The van der Waals surface area contributed by atoms with E-state index in [0.717, 1.165) is 29.6 Å². The summed E-state index contributed by atoms with van der Waals surface area (Å²) in [5, 5.41) is 3.13. The highest BCUT2D eigenvalue weighted by molar-refractivity contribution is 5.73. The third-order valence-electron chi connectivity index (χ3n) is 5.31. The van der Waals surface area contributed by atoms with E-state index in [2.05, 4.69) is 12.2 Å². The maximum atomic E-state index is 11.2. The van der Waals surface area contributed by atoms with Gasteiger partial charge in [0, 0.05) is 13.0 Å². The molecule has 4 rings (SSSR count).